The molecule has 0 saturated carbocycles. The van der Waals surface area contributed by atoms with E-state index in [4.69, 9.17) is 4.74 Å². The number of nitrogens with zero attached hydrogens (tertiary/aromatic N) is 2. The van der Waals surface area contributed by atoms with Crippen LogP contribution >= 0.6 is 12.6 Å². The van der Waals surface area contributed by atoms with Crippen LogP contribution in [-0.4, -0.2) is 46.5 Å². The highest BCUT2D eigenvalue weighted by Crippen LogP contribution is 2.28. The van der Waals surface area contributed by atoms with E-state index in [9.17, 15) is 4.79 Å². The van der Waals surface area contributed by atoms with Gasteiger partial charge in [0.1, 0.15) is 0 Å². The minimum Gasteiger partial charge on any atom is -0.377 e. The molecule has 1 atom stereocenters. The number of rotatable bonds is 3. The van der Waals surface area contributed by atoms with Crippen molar-refractivity contribution in [2.45, 2.75) is 26.3 Å². The molecule has 1 fully saturated rings. The van der Waals surface area contributed by atoms with E-state index in [0.717, 1.165) is 17.0 Å². The van der Waals surface area contributed by atoms with Crippen LogP contribution in [0.4, 0.5) is 0 Å². The van der Waals surface area contributed by atoms with Crippen LogP contribution in [0, 0.1) is 13.8 Å². The molecule has 1 unspecified atom stereocenters. The topological polar surface area (TPSA) is 58.2 Å². The molecular weight excluding hydrogens is 250 g/mol. The van der Waals surface area contributed by atoms with Crippen molar-refractivity contribution < 1.29 is 9.53 Å². The Balaban J connectivity index is 2.25. The number of H-pyrrole nitrogens is 1. The monoisotopic (exact) mass is 269 g/mol. The van der Waals surface area contributed by atoms with Crippen molar-refractivity contribution >= 4 is 18.5 Å². The van der Waals surface area contributed by atoms with Gasteiger partial charge >= 0.3 is 0 Å². The molecule has 0 aliphatic carbocycles. The summed E-state index contributed by atoms with van der Waals surface area (Å²) >= 11 is 4.13. The number of nitrogens with one attached hydrogen (secondary N) is 1. The maximum atomic E-state index is 12.1. The second kappa shape index (κ2) is 5.75. The normalized spacial score (nSPS) is 20.2. The highest BCUT2D eigenvalue weighted by atomic mass is 32.1. The average molecular weight is 269 g/mol. The van der Waals surface area contributed by atoms with Crippen molar-refractivity contribution in [3.8, 4) is 0 Å². The van der Waals surface area contributed by atoms with Crippen LogP contribution in [0.5, 0.6) is 0 Å². The Bertz CT molecular complexity index is 413. The molecule has 100 valence electrons. The first-order valence-corrected chi connectivity index (χ1v) is 6.78. The summed E-state index contributed by atoms with van der Waals surface area (Å²) in [5, 5.41) is 7.16. The fourth-order valence-corrected chi connectivity index (χ4v) is 2.62. The van der Waals surface area contributed by atoms with E-state index in [1.165, 1.54) is 0 Å². The Morgan fingerprint density at radius 3 is 3.00 bits per heavy atom. The van der Waals surface area contributed by atoms with E-state index in [-0.39, 0.29) is 11.9 Å². The molecule has 1 amide bonds. The van der Waals surface area contributed by atoms with Crippen LogP contribution in [0.25, 0.3) is 0 Å². The first-order chi connectivity index (χ1) is 8.65. The second-order valence-corrected chi connectivity index (χ2v) is 4.95. The van der Waals surface area contributed by atoms with E-state index >= 15 is 0 Å². The molecule has 1 aromatic heterocycles. The molecule has 2 heterocycles. The summed E-state index contributed by atoms with van der Waals surface area (Å²) in [5.41, 5.74) is 3.03. The van der Waals surface area contributed by atoms with E-state index in [1.807, 2.05) is 18.7 Å². The minimum absolute atomic E-state index is 0.0233. The van der Waals surface area contributed by atoms with Gasteiger partial charge in [-0.3, -0.25) is 9.89 Å². The van der Waals surface area contributed by atoms with Gasteiger partial charge in [-0.25, -0.2) is 0 Å². The van der Waals surface area contributed by atoms with Crippen molar-refractivity contribution in [2.75, 3.05) is 25.5 Å². The molecule has 1 saturated heterocycles. The predicted octanol–water partition coefficient (Wildman–Crippen LogP) is 1.25. The summed E-state index contributed by atoms with van der Waals surface area (Å²) < 4.78 is 5.52. The molecule has 1 N–H and O–H groups in total. The zero-order valence-corrected chi connectivity index (χ0v) is 11.7. The fraction of sp³-hybridized carbons (Fsp3) is 0.667. The zero-order valence-electron chi connectivity index (χ0n) is 10.8. The smallest absolute Gasteiger partial charge is 0.224 e. The Labute approximate surface area is 112 Å². The molecular formula is C12H19N3O2S. The van der Waals surface area contributed by atoms with Crippen LogP contribution in [0.2, 0.25) is 0 Å². The number of hydrogen-bond acceptors (Lipinski definition) is 4. The molecule has 0 aromatic carbocycles. The fourth-order valence-electron chi connectivity index (χ4n) is 2.43. The molecule has 0 spiro atoms. The number of ether oxygens (including phenoxy) is 1. The standard InChI is InChI=1S/C12H19N3O2S/c1-8-12(9(2)14-13-8)10-7-17-5-4-15(10)11(16)3-6-18/h10,18H,3-7H2,1-2H3,(H,13,14). The lowest BCUT2D eigenvalue weighted by atomic mass is 10.0. The van der Waals surface area contributed by atoms with E-state index in [2.05, 4.69) is 22.8 Å². The number of amides is 1. The highest BCUT2D eigenvalue weighted by molar-refractivity contribution is 7.80. The Hall–Kier alpha value is -1.01. The number of aryl methyl sites for hydroxylation is 2. The van der Waals surface area contributed by atoms with E-state index < -0.39 is 0 Å². The van der Waals surface area contributed by atoms with Gasteiger partial charge in [-0.1, -0.05) is 0 Å². The van der Waals surface area contributed by atoms with Gasteiger partial charge in [-0.15, -0.1) is 0 Å². The number of aromatic nitrogens is 2. The van der Waals surface area contributed by atoms with Gasteiger partial charge in [-0.2, -0.15) is 17.7 Å². The molecule has 1 aromatic rings. The van der Waals surface area contributed by atoms with Crippen molar-refractivity contribution in [1.29, 1.82) is 0 Å². The Morgan fingerprint density at radius 2 is 2.39 bits per heavy atom. The molecule has 0 radical (unpaired) electrons. The Morgan fingerprint density at radius 1 is 1.61 bits per heavy atom. The number of aromatic amines is 1. The summed E-state index contributed by atoms with van der Waals surface area (Å²) in [6.07, 6.45) is 0.468. The summed E-state index contributed by atoms with van der Waals surface area (Å²) in [7, 11) is 0. The SMILES string of the molecule is Cc1n[nH]c(C)c1C1COCCN1C(=O)CCS. The van der Waals surface area contributed by atoms with E-state index in [1.54, 1.807) is 0 Å². The van der Waals surface area contributed by atoms with Crippen molar-refractivity contribution in [3.63, 3.8) is 0 Å². The maximum absolute atomic E-state index is 12.1. The quantitative estimate of drug-likeness (QED) is 0.812. The molecule has 0 bridgehead atoms. The van der Waals surface area contributed by atoms with Gasteiger partial charge in [0.25, 0.3) is 0 Å². The summed E-state index contributed by atoms with van der Waals surface area (Å²) in [6, 6.07) is -0.0233. The lowest BCUT2D eigenvalue weighted by Crippen LogP contribution is -2.43. The number of carbonyl (C=O) groups is 1. The van der Waals surface area contributed by atoms with Gasteiger partial charge in [0.15, 0.2) is 0 Å². The molecule has 1 aliphatic heterocycles. The summed E-state index contributed by atoms with van der Waals surface area (Å²) in [4.78, 5) is 14.0. The zero-order chi connectivity index (χ0) is 13.1. The van der Waals surface area contributed by atoms with Crippen molar-refractivity contribution in [3.05, 3.63) is 17.0 Å². The number of hydrogen-bond donors (Lipinski definition) is 2. The van der Waals surface area contributed by atoms with Gasteiger partial charge < -0.3 is 9.64 Å². The Kier molecular flexibility index (Phi) is 4.29. The first kappa shape index (κ1) is 13.4. The molecule has 6 heteroatoms. The van der Waals surface area contributed by atoms with Gasteiger partial charge in [0.2, 0.25) is 5.91 Å². The van der Waals surface area contributed by atoms with Crippen LogP contribution in [0.1, 0.15) is 29.4 Å². The molecule has 18 heavy (non-hydrogen) atoms. The third kappa shape index (κ3) is 2.54. The molecule has 5 nitrogen and oxygen atoms in total. The third-order valence-corrected chi connectivity index (χ3v) is 3.52. The number of carbonyl (C=O) groups excluding carboxylic acids is 1. The maximum Gasteiger partial charge on any atom is 0.224 e. The van der Waals surface area contributed by atoms with Crippen LogP contribution in [-0.2, 0) is 9.53 Å². The third-order valence-electron chi connectivity index (χ3n) is 3.29. The lowest BCUT2D eigenvalue weighted by Gasteiger charge is -2.36. The van der Waals surface area contributed by atoms with Crippen LogP contribution in [0.15, 0.2) is 0 Å². The minimum atomic E-state index is -0.0233. The average Bonchev–Trinajstić information content (AvgIpc) is 2.69. The van der Waals surface area contributed by atoms with Gasteiger partial charge in [0.05, 0.1) is 24.9 Å². The van der Waals surface area contributed by atoms with Crippen LogP contribution in [0.3, 0.4) is 0 Å². The predicted molar refractivity (Wildman–Crippen MR) is 71.8 cm³/mol. The largest absolute Gasteiger partial charge is 0.377 e. The summed E-state index contributed by atoms with van der Waals surface area (Å²) in [5.74, 6) is 0.713. The second-order valence-electron chi connectivity index (χ2n) is 4.50. The van der Waals surface area contributed by atoms with Gasteiger partial charge in [0, 0.05) is 24.2 Å². The van der Waals surface area contributed by atoms with Gasteiger partial charge in [-0.05, 0) is 19.6 Å². The van der Waals surface area contributed by atoms with Crippen LogP contribution < -0.4 is 0 Å². The lowest BCUT2D eigenvalue weighted by molar-refractivity contribution is -0.139. The first-order valence-electron chi connectivity index (χ1n) is 6.14. The van der Waals surface area contributed by atoms with Crippen molar-refractivity contribution in [2.24, 2.45) is 0 Å². The number of morpholine rings is 1. The van der Waals surface area contributed by atoms with E-state index in [0.29, 0.717) is 31.9 Å². The number of thiol groups is 1. The molecule has 2 rings (SSSR count). The summed E-state index contributed by atoms with van der Waals surface area (Å²) in [6.45, 7) is 5.71. The highest BCUT2D eigenvalue weighted by Gasteiger charge is 2.31. The van der Waals surface area contributed by atoms with Crippen molar-refractivity contribution in [1.82, 2.24) is 15.1 Å². The molecule has 1 aliphatic rings.